The van der Waals surface area contributed by atoms with Crippen molar-refractivity contribution in [2.75, 3.05) is 19.8 Å². The van der Waals surface area contributed by atoms with Gasteiger partial charge in [-0.1, -0.05) is 13.8 Å². The first-order valence-corrected chi connectivity index (χ1v) is 4.21. The van der Waals surface area contributed by atoms with Gasteiger partial charge in [0, 0.05) is 0 Å². The van der Waals surface area contributed by atoms with Crippen LogP contribution in [0.3, 0.4) is 0 Å². The van der Waals surface area contributed by atoms with E-state index in [9.17, 15) is 13.2 Å². The van der Waals surface area contributed by atoms with Crippen LogP contribution in [0.15, 0.2) is 0 Å². The number of ether oxygens (including phenoxy) is 1. The van der Waals surface area contributed by atoms with Crippen molar-refractivity contribution >= 4 is 0 Å². The quantitative estimate of drug-likeness (QED) is 0.732. The molecule has 5 heteroatoms. The minimum atomic E-state index is -4.24. The smallest absolute Gasteiger partial charge is 0.372 e. The Morgan fingerprint density at radius 3 is 2.15 bits per heavy atom. The van der Waals surface area contributed by atoms with Crippen LogP contribution in [0.2, 0.25) is 0 Å². The summed E-state index contributed by atoms with van der Waals surface area (Å²) in [7, 11) is 0. The lowest BCUT2D eigenvalue weighted by Gasteiger charge is -2.19. The SMILES string of the molecule is CC(C)C(CN)COCC(F)(F)F. The molecule has 0 aromatic rings. The van der Waals surface area contributed by atoms with Crippen LogP contribution in [0.4, 0.5) is 13.2 Å². The summed E-state index contributed by atoms with van der Waals surface area (Å²) in [5, 5.41) is 0. The van der Waals surface area contributed by atoms with E-state index in [1.807, 2.05) is 13.8 Å². The molecule has 0 aliphatic carbocycles. The molecule has 0 saturated carbocycles. The van der Waals surface area contributed by atoms with E-state index in [-0.39, 0.29) is 18.4 Å². The van der Waals surface area contributed by atoms with Crippen LogP contribution in [0, 0.1) is 11.8 Å². The third kappa shape index (κ3) is 6.83. The Morgan fingerprint density at radius 2 is 1.85 bits per heavy atom. The van der Waals surface area contributed by atoms with Gasteiger partial charge in [-0.2, -0.15) is 13.2 Å². The Labute approximate surface area is 76.2 Å². The summed E-state index contributed by atoms with van der Waals surface area (Å²) in [5.41, 5.74) is 5.36. The second kappa shape index (κ2) is 5.44. The van der Waals surface area contributed by atoms with Crippen molar-refractivity contribution < 1.29 is 17.9 Å². The maximum absolute atomic E-state index is 11.7. The molecule has 0 aromatic heterocycles. The van der Waals surface area contributed by atoms with Gasteiger partial charge in [-0.15, -0.1) is 0 Å². The van der Waals surface area contributed by atoms with Crippen LogP contribution in [-0.2, 0) is 4.74 Å². The summed E-state index contributed by atoms with van der Waals surface area (Å²) in [4.78, 5) is 0. The maximum Gasteiger partial charge on any atom is 0.411 e. The monoisotopic (exact) mass is 199 g/mol. The van der Waals surface area contributed by atoms with E-state index in [0.29, 0.717) is 6.54 Å². The summed E-state index contributed by atoms with van der Waals surface area (Å²) >= 11 is 0. The largest absolute Gasteiger partial charge is 0.411 e. The highest BCUT2D eigenvalue weighted by Gasteiger charge is 2.28. The van der Waals surface area contributed by atoms with Crippen LogP contribution in [-0.4, -0.2) is 25.9 Å². The Morgan fingerprint density at radius 1 is 1.31 bits per heavy atom. The third-order valence-electron chi connectivity index (χ3n) is 1.84. The molecule has 0 amide bonds. The van der Waals surface area contributed by atoms with E-state index >= 15 is 0 Å². The van der Waals surface area contributed by atoms with Gasteiger partial charge in [0.25, 0.3) is 0 Å². The molecule has 2 nitrogen and oxygen atoms in total. The van der Waals surface area contributed by atoms with Crippen LogP contribution in [0.5, 0.6) is 0 Å². The predicted octanol–water partition coefficient (Wildman–Crippen LogP) is 1.80. The highest BCUT2D eigenvalue weighted by atomic mass is 19.4. The molecule has 1 atom stereocenters. The highest BCUT2D eigenvalue weighted by Crippen LogP contribution is 2.16. The van der Waals surface area contributed by atoms with E-state index in [2.05, 4.69) is 4.74 Å². The van der Waals surface area contributed by atoms with E-state index < -0.39 is 12.8 Å². The Balaban J connectivity index is 3.62. The summed E-state index contributed by atoms with van der Waals surface area (Å²) in [6, 6.07) is 0. The van der Waals surface area contributed by atoms with Gasteiger partial charge in [-0.05, 0) is 18.4 Å². The number of hydrogen-bond acceptors (Lipinski definition) is 2. The van der Waals surface area contributed by atoms with E-state index in [1.165, 1.54) is 0 Å². The summed E-state index contributed by atoms with van der Waals surface area (Å²) in [6.45, 7) is 3.07. The van der Waals surface area contributed by atoms with Gasteiger partial charge in [0.05, 0.1) is 6.61 Å². The van der Waals surface area contributed by atoms with Crippen molar-refractivity contribution in [3.8, 4) is 0 Å². The average molecular weight is 199 g/mol. The minimum absolute atomic E-state index is 0.00218. The van der Waals surface area contributed by atoms with Gasteiger partial charge in [-0.25, -0.2) is 0 Å². The van der Waals surface area contributed by atoms with Crippen molar-refractivity contribution in [2.45, 2.75) is 20.0 Å². The number of hydrogen-bond donors (Lipinski definition) is 1. The fraction of sp³-hybridized carbons (Fsp3) is 1.00. The van der Waals surface area contributed by atoms with Crippen molar-refractivity contribution in [1.82, 2.24) is 0 Å². The van der Waals surface area contributed by atoms with Crippen LogP contribution >= 0.6 is 0 Å². The van der Waals surface area contributed by atoms with E-state index in [4.69, 9.17) is 5.73 Å². The lowest BCUT2D eigenvalue weighted by Crippen LogP contribution is -2.27. The lowest BCUT2D eigenvalue weighted by molar-refractivity contribution is -0.177. The summed E-state index contributed by atoms with van der Waals surface area (Å²) in [5.74, 6) is 0.251. The Bertz CT molecular complexity index is 136. The molecule has 1 unspecified atom stereocenters. The molecule has 0 saturated heterocycles. The molecule has 80 valence electrons. The molecule has 0 aliphatic rings. The summed E-state index contributed by atoms with van der Waals surface area (Å²) in [6.07, 6.45) is -4.24. The standard InChI is InChI=1S/C8H16F3NO/c1-6(2)7(3-12)4-13-5-8(9,10)11/h6-7H,3-5,12H2,1-2H3. The molecule has 13 heavy (non-hydrogen) atoms. The van der Waals surface area contributed by atoms with Gasteiger partial charge < -0.3 is 10.5 Å². The molecule has 2 N–H and O–H groups in total. The first-order chi connectivity index (χ1) is 5.87. The average Bonchev–Trinajstić information content (AvgIpc) is 1.95. The van der Waals surface area contributed by atoms with Crippen molar-refractivity contribution in [3.05, 3.63) is 0 Å². The molecule has 0 aromatic carbocycles. The maximum atomic E-state index is 11.7. The second-order valence-corrected chi connectivity index (χ2v) is 3.37. The van der Waals surface area contributed by atoms with Gasteiger partial charge in [0.1, 0.15) is 6.61 Å². The molecule has 0 rings (SSSR count). The number of rotatable bonds is 5. The molecule has 0 radical (unpaired) electrons. The van der Waals surface area contributed by atoms with Crippen molar-refractivity contribution in [3.63, 3.8) is 0 Å². The summed E-state index contributed by atoms with van der Waals surface area (Å²) < 4.78 is 39.5. The molecule has 0 bridgehead atoms. The topological polar surface area (TPSA) is 35.2 Å². The third-order valence-corrected chi connectivity index (χ3v) is 1.84. The highest BCUT2D eigenvalue weighted by molar-refractivity contribution is 4.63. The molecular formula is C8H16F3NO. The van der Waals surface area contributed by atoms with Gasteiger partial charge in [0.2, 0.25) is 0 Å². The zero-order chi connectivity index (χ0) is 10.5. The normalized spacial score (nSPS) is 15.0. The fourth-order valence-electron chi connectivity index (χ4n) is 0.859. The molecule has 0 heterocycles. The van der Waals surface area contributed by atoms with Gasteiger partial charge >= 0.3 is 6.18 Å². The second-order valence-electron chi connectivity index (χ2n) is 3.37. The molecular weight excluding hydrogens is 183 g/mol. The molecule has 0 fully saturated rings. The predicted molar refractivity (Wildman–Crippen MR) is 44.3 cm³/mol. The van der Waals surface area contributed by atoms with E-state index in [1.54, 1.807) is 0 Å². The van der Waals surface area contributed by atoms with Crippen LogP contribution in [0.1, 0.15) is 13.8 Å². The lowest BCUT2D eigenvalue weighted by atomic mass is 9.97. The number of alkyl halides is 3. The van der Waals surface area contributed by atoms with Crippen molar-refractivity contribution in [1.29, 1.82) is 0 Å². The zero-order valence-electron chi connectivity index (χ0n) is 7.90. The van der Waals surface area contributed by atoms with Crippen LogP contribution in [0.25, 0.3) is 0 Å². The Kier molecular flexibility index (Phi) is 5.32. The molecule has 0 spiro atoms. The van der Waals surface area contributed by atoms with Gasteiger partial charge in [-0.3, -0.25) is 0 Å². The minimum Gasteiger partial charge on any atom is -0.372 e. The Hall–Kier alpha value is -0.290. The van der Waals surface area contributed by atoms with Gasteiger partial charge in [0.15, 0.2) is 0 Å². The molecule has 0 aliphatic heterocycles. The number of halogens is 3. The van der Waals surface area contributed by atoms with Crippen LogP contribution < -0.4 is 5.73 Å². The fourth-order valence-corrected chi connectivity index (χ4v) is 0.859. The first-order valence-electron chi connectivity index (χ1n) is 4.21. The van der Waals surface area contributed by atoms with Crippen molar-refractivity contribution in [2.24, 2.45) is 17.6 Å². The van der Waals surface area contributed by atoms with E-state index in [0.717, 1.165) is 0 Å². The zero-order valence-corrected chi connectivity index (χ0v) is 7.90. The first kappa shape index (κ1) is 12.7. The number of nitrogens with two attached hydrogens (primary N) is 1.